The van der Waals surface area contributed by atoms with Crippen LogP contribution in [0.25, 0.3) is 17.4 Å². The standard InChI is InChI=1S/C32H23ClN4O5S/c1-18-8-9-21(16-25(18)37(40)41)26-15-14-24(42-26)17-27-31(39)36-29(20-10-12-22(33)13-11-20)28(19(2)34-32(36)43-27)30(38)35-23-6-4-3-5-7-23/h3-17,29H,1-2H3,(H,35,38)/b27-17-. The number of nitrogens with zero attached hydrogens (tertiary/aromatic N) is 3. The van der Waals surface area contributed by atoms with E-state index >= 15 is 0 Å². The number of carbonyl (C=O) groups is 1. The molecule has 1 amide bonds. The number of furan rings is 1. The second-order valence-corrected chi connectivity index (χ2v) is 11.4. The third kappa shape index (κ3) is 5.45. The predicted octanol–water partition coefficient (Wildman–Crippen LogP) is 6.00. The van der Waals surface area contributed by atoms with Crippen LogP contribution in [0.15, 0.2) is 110 Å². The summed E-state index contributed by atoms with van der Waals surface area (Å²) in [5, 5.41) is 14.9. The number of fused-ring (bicyclic) bond motifs is 1. The van der Waals surface area contributed by atoms with Crippen LogP contribution < -0.4 is 20.2 Å². The van der Waals surface area contributed by atoms with Crippen molar-refractivity contribution in [3.63, 3.8) is 0 Å². The Balaban J connectivity index is 1.43. The van der Waals surface area contributed by atoms with Gasteiger partial charge in [0.25, 0.3) is 17.2 Å². The summed E-state index contributed by atoms with van der Waals surface area (Å²) < 4.78 is 7.83. The Morgan fingerprint density at radius 2 is 1.81 bits per heavy atom. The second kappa shape index (κ2) is 11.3. The number of hydrogen-bond donors (Lipinski definition) is 1. The van der Waals surface area contributed by atoms with Crippen LogP contribution >= 0.6 is 22.9 Å². The van der Waals surface area contributed by atoms with Crippen LogP contribution in [-0.4, -0.2) is 15.4 Å². The molecule has 43 heavy (non-hydrogen) atoms. The topological polar surface area (TPSA) is 120 Å². The number of allylic oxidation sites excluding steroid dienone is 1. The molecule has 0 fully saturated rings. The third-order valence-corrected chi connectivity index (χ3v) is 8.31. The van der Waals surface area contributed by atoms with E-state index < -0.39 is 11.0 Å². The highest BCUT2D eigenvalue weighted by Crippen LogP contribution is 2.32. The van der Waals surface area contributed by atoms with Gasteiger partial charge in [0.2, 0.25) is 0 Å². The molecule has 0 saturated carbocycles. The molecule has 214 valence electrons. The maximum Gasteiger partial charge on any atom is 0.273 e. The predicted molar refractivity (Wildman–Crippen MR) is 166 cm³/mol. The lowest BCUT2D eigenvalue weighted by Gasteiger charge is -2.25. The zero-order chi connectivity index (χ0) is 30.2. The molecule has 1 N–H and O–H groups in total. The van der Waals surface area contributed by atoms with Gasteiger partial charge in [0.15, 0.2) is 4.80 Å². The Bertz CT molecular complexity index is 2110. The summed E-state index contributed by atoms with van der Waals surface area (Å²) in [6.45, 7) is 3.42. The highest BCUT2D eigenvalue weighted by Gasteiger charge is 2.32. The monoisotopic (exact) mass is 610 g/mol. The van der Waals surface area contributed by atoms with Crippen molar-refractivity contribution in [1.29, 1.82) is 0 Å². The first kappa shape index (κ1) is 28.1. The molecule has 0 aliphatic carbocycles. The van der Waals surface area contributed by atoms with Crippen molar-refractivity contribution in [2.75, 3.05) is 5.32 Å². The molecule has 5 aromatic rings. The molecular formula is C32H23ClN4O5S. The van der Waals surface area contributed by atoms with Crippen LogP contribution in [0.4, 0.5) is 11.4 Å². The SMILES string of the molecule is CC1=C(C(=O)Nc2ccccc2)C(c2ccc(Cl)cc2)n2c(s/c(=C\c3ccc(-c4ccc(C)c([N+](=O)[O-])c4)o3)c2=O)=N1. The third-order valence-electron chi connectivity index (χ3n) is 7.07. The fourth-order valence-corrected chi connectivity index (χ4v) is 6.12. The van der Waals surface area contributed by atoms with E-state index in [4.69, 9.17) is 16.0 Å². The first-order valence-electron chi connectivity index (χ1n) is 13.2. The first-order valence-corrected chi connectivity index (χ1v) is 14.4. The van der Waals surface area contributed by atoms with E-state index in [1.165, 1.54) is 22.0 Å². The number of aryl methyl sites for hydroxylation is 1. The number of rotatable bonds is 6. The second-order valence-electron chi connectivity index (χ2n) is 9.91. The molecule has 0 radical (unpaired) electrons. The van der Waals surface area contributed by atoms with E-state index in [0.29, 0.717) is 59.5 Å². The molecule has 6 rings (SSSR count). The number of carbonyl (C=O) groups excluding carboxylic acids is 1. The van der Waals surface area contributed by atoms with Crippen molar-refractivity contribution in [2.24, 2.45) is 4.99 Å². The summed E-state index contributed by atoms with van der Waals surface area (Å²) in [4.78, 5) is 43.6. The fourth-order valence-electron chi connectivity index (χ4n) is 4.97. The van der Waals surface area contributed by atoms with E-state index in [1.807, 2.05) is 18.2 Å². The van der Waals surface area contributed by atoms with E-state index in [9.17, 15) is 19.7 Å². The molecule has 0 spiro atoms. The smallest absolute Gasteiger partial charge is 0.273 e. The number of anilines is 1. The lowest BCUT2D eigenvalue weighted by atomic mass is 9.95. The number of amides is 1. The average Bonchev–Trinajstić information content (AvgIpc) is 3.57. The van der Waals surface area contributed by atoms with Crippen molar-refractivity contribution in [2.45, 2.75) is 19.9 Å². The van der Waals surface area contributed by atoms with Crippen molar-refractivity contribution in [3.05, 3.63) is 148 Å². The Morgan fingerprint density at radius 3 is 2.53 bits per heavy atom. The number of nitrogens with one attached hydrogen (secondary N) is 1. The minimum atomic E-state index is -0.750. The van der Waals surface area contributed by atoms with Crippen molar-refractivity contribution < 1.29 is 14.1 Å². The van der Waals surface area contributed by atoms with Gasteiger partial charge in [0, 0.05) is 34.0 Å². The van der Waals surface area contributed by atoms with Gasteiger partial charge in [-0.3, -0.25) is 24.3 Å². The molecule has 11 heteroatoms. The molecule has 2 aromatic heterocycles. The Kier molecular flexibility index (Phi) is 7.39. The lowest BCUT2D eigenvalue weighted by molar-refractivity contribution is -0.385. The van der Waals surface area contributed by atoms with Gasteiger partial charge >= 0.3 is 0 Å². The van der Waals surface area contributed by atoms with Gasteiger partial charge in [-0.15, -0.1) is 0 Å². The summed E-state index contributed by atoms with van der Waals surface area (Å²) in [6, 6.07) is 23.6. The normalized spacial score (nSPS) is 14.8. The number of nitro groups is 1. The quantitative estimate of drug-likeness (QED) is 0.187. The molecule has 9 nitrogen and oxygen atoms in total. The van der Waals surface area contributed by atoms with Crippen LogP contribution in [-0.2, 0) is 4.79 Å². The Hall–Kier alpha value is -5.06. The molecule has 3 heterocycles. The molecule has 1 aliphatic rings. The van der Waals surface area contributed by atoms with Gasteiger partial charge in [-0.1, -0.05) is 65.4 Å². The Morgan fingerprint density at radius 1 is 1.07 bits per heavy atom. The van der Waals surface area contributed by atoms with Crippen molar-refractivity contribution in [1.82, 2.24) is 4.57 Å². The van der Waals surface area contributed by atoms with Crippen molar-refractivity contribution >= 4 is 46.3 Å². The number of nitro benzene ring substituents is 1. The average molecular weight is 611 g/mol. The van der Waals surface area contributed by atoms with Crippen LogP contribution in [0.1, 0.15) is 29.9 Å². The number of thiazole rings is 1. The summed E-state index contributed by atoms with van der Waals surface area (Å²) in [5.74, 6) is 0.450. The van der Waals surface area contributed by atoms with E-state index in [2.05, 4.69) is 10.3 Å². The molecule has 1 atom stereocenters. The largest absolute Gasteiger partial charge is 0.457 e. The van der Waals surface area contributed by atoms with Gasteiger partial charge in [0.1, 0.15) is 11.5 Å². The number of hydrogen-bond acceptors (Lipinski definition) is 7. The summed E-state index contributed by atoms with van der Waals surface area (Å²) in [7, 11) is 0. The summed E-state index contributed by atoms with van der Waals surface area (Å²) in [5.41, 5.74) is 2.89. The molecule has 3 aromatic carbocycles. The molecular weight excluding hydrogens is 588 g/mol. The van der Waals surface area contributed by atoms with Crippen LogP contribution in [0.3, 0.4) is 0 Å². The molecule has 1 unspecified atom stereocenters. The van der Waals surface area contributed by atoms with Crippen molar-refractivity contribution in [3.8, 4) is 11.3 Å². The molecule has 0 bridgehead atoms. The molecule has 1 aliphatic heterocycles. The van der Waals surface area contributed by atoms with Gasteiger partial charge in [-0.25, -0.2) is 4.99 Å². The Labute approximate surface area is 253 Å². The highest BCUT2D eigenvalue weighted by atomic mass is 35.5. The number of aromatic nitrogens is 1. The van der Waals surface area contributed by atoms with Gasteiger partial charge < -0.3 is 9.73 Å². The zero-order valence-electron chi connectivity index (χ0n) is 22.9. The van der Waals surface area contributed by atoms with Crippen LogP contribution in [0.5, 0.6) is 0 Å². The fraction of sp³-hybridized carbons (Fsp3) is 0.0938. The summed E-state index contributed by atoms with van der Waals surface area (Å²) >= 11 is 7.34. The minimum Gasteiger partial charge on any atom is -0.457 e. The number of para-hydroxylation sites is 1. The summed E-state index contributed by atoms with van der Waals surface area (Å²) in [6.07, 6.45) is 1.61. The highest BCUT2D eigenvalue weighted by molar-refractivity contribution is 7.07. The van der Waals surface area contributed by atoms with E-state index in [1.54, 1.807) is 80.6 Å². The van der Waals surface area contributed by atoms with Gasteiger partial charge in [-0.05, 0) is 55.8 Å². The molecule has 0 saturated heterocycles. The van der Waals surface area contributed by atoms with Crippen LogP contribution in [0.2, 0.25) is 5.02 Å². The first-order chi connectivity index (χ1) is 20.7. The lowest BCUT2D eigenvalue weighted by Crippen LogP contribution is -2.40. The van der Waals surface area contributed by atoms with E-state index in [-0.39, 0.29) is 17.2 Å². The van der Waals surface area contributed by atoms with E-state index in [0.717, 1.165) is 0 Å². The minimum absolute atomic E-state index is 0.00608. The number of halogens is 1. The maximum absolute atomic E-state index is 13.9. The maximum atomic E-state index is 13.9. The number of benzene rings is 3. The van der Waals surface area contributed by atoms with Gasteiger partial charge in [0.05, 0.1) is 26.8 Å². The zero-order valence-corrected chi connectivity index (χ0v) is 24.5. The van der Waals surface area contributed by atoms with Gasteiger partial charge in [-0.2, -0.15) is 0 Å². The van der Waals surface area contributed by atoms with Crippen LogP contribution in [0, 0.1) is 17.0 Å².